The number of hydrogen-bond acceptors (Lipinski definition) is 4. The van der Waals surface area contributed by atoms with Gasteiger partial charge in [-0.3, -0.25) is 4.79 Å². The normalized spacial score (nSPS) is 19.8. The average Bonchev–Trinajstić information content (AvgIpc) is 2.45. The van der Waals surface area contributed by atoms with E-state index in [1.54, 1.807) is 0 Å². The topological polar surface area (TPSA) is 58.1 Å². The SMILES string of the molecule is CC(C)N1CCC[C@H](CNC(=O)c2c(Cl)cnnc2Cl)C1. The Morgan fingerprint density at radius 2 is 2.29 bits per heavy atom. The Morgan fingerprint density at radius 3 is 2.95 bits per heavy atom. The zero-order valence-electron chi connectivity index (χ0n) is 12.3. The lowest BCUT2D eigenvalue weighted by Gasteiger charge is -2.35. The van der Waals surface area contributed by atoms with Crippen LogP contribution in [-0.4, -0.2) is 46.7 Å². The van der Waals surface area contributed by atoms with Crippen LogP contribution in [0, 0.1) is 5.92 Å². The lowest BCUT2D eigenvalue weighted by atomic mass is 9.97. The Morgan fingerprint density at radius 1 is 1.52 bits per heavy atom. The molecular formula is C14H20Cl2N4O. The predicted molar refractivity (Wildman–Crippen MR) is 83.8 cm³/mol. The lowest BCUT2D eigenvalue weighted by Crippen LogP contribution is -2.43. The van der Waals surface area contributed by atoms with Gasteiger partial charge in [-0.1, -0.05) is 23.2 Å². The van der Waals surface area contributed by atoms with Crippen molar-refractivity contribution in [2.45, 2.75) is 32.7 Å². The molecule has 0 aromatic carbocycles. The Labute approximate surface area is 135 Å². The van der Waals surface area contributed by atoms with Crippen molar-refractivity contribution in [3.05, 3.63) is 21.9 Å². The van der Waals surface area contributed by atoms with Gasteiger partial charge in [-0.2, -0.15) is 5.10 Å². The zero-order chi connectivity index (χ0) is 15.4. The second-order valence-electron chi connectivity index (χ2n) is 5.67. The van der Waals surface area contributed by atoms with Crippen LogP contribution in [0.15, 0.2) is 6.20 Å². The van der Waals surface area contributed by atoms with Crippen molar-refractivity contribution in [2.75, 3.05) is 19.6 Å². The molecule has 7 heteroatoms. The number of rotatable bonds is 4. The highest BCUT2D eigenvalue weighted by atomic mass is 35.5. The van der Waals surface area contributed by atoms with Crippen molar-refractivity contribution in [1.29, 1.82) is 0 Å². The molecule has 1 N–H and O–H groups in total. The molecule has 0 bridgehead atoms. The van der Waals surface area contributed by atoms with E-state index >= 15 is 0 Å². The minimum absolute atomic E-state index is 0.0347. The molecule has 116 valence electrons. The molecule has 1 aliphatic heterocycles. The van der Waals surface area contributed by atoms with Crippen molar-refractivity contribution in [1.82, 2.24) is 20.4 Å². The molecule has 1 aliphatic rings. The van der Waals surface area contributed by atoms with E-state index < -0.39 is 0 Å². The van der Waals surface area contributed by atoms with Crippen LogP contribution in [0.3, 0.4) is 0 Å². The fourth-order valence-electron chi connectivity index (χ4n) is 2.60. The molecule has 0 radical (unpaired) electrons. The van der Waals surface area contributed by atoms with Gasteiger partial charge in [-0.25, -0.2) is 0 Å². The van der Waals surface area contributed by atoms with Gasteiger partial charge >= 0.3 is 0 Å². The molecule has 2 rings (SSSR count). The van der Waals surface area contributed by atoms with Crippen LogP contribution >= 0.6 is 23.2 Å². The Balaban J connectivity index is 1.92. The summed E-state index contributed by atoms with van der Waals surface area (Å²) in [5, 5.41) is 10.4. The largest absolute Gasteiger partial charge is 0.352 e. The van der Waals surface area contributed by atoms with E-state index in [0.29, 0.717) is 18.5 Å². The first kappa shape index (κ1) is 16.5. The first-order valence-corrected chi connectivity index (χ1v) is 7.93. The maximum Gasteiger partial charge on any atom is 0.256 e. The van der Waals surface area contributed by atoms with E-state index in [1.807, 2.05) is 0 Å². The van der Waals surface area contributed by atoms with Crippen LogP contribution in [0.5, 0.6) is 0 Å². The number of piperidine rings is 1. The number of amides is 1. The molecule has 1 amide bonds. The van der Waals surface area contributed by atoms with Gasteiger partial charge in [0, 0.05) is 19.1 Å². The third-order valence-electron chi connectivity index (χ3n) is 3.82. The molecule has 0 aliphatic carbocycles. The molecule has 21 heavy (non-hydrogen) atoms. The van der Waals surface area contributed by atoms with Crippen LogP contribution in [0.2, 0.25) is 10.2 Å². The van der Waals surface area contributed by atoms with E-state index in [0.717, 1.165) is 25.9 Å². The van der Waals surface area contributed by atoms with Crippen molar-refractivity contribution >= 4 is 29.1 Å². The fourth-order valence-corrected chi connectivity index (χ4v) is 3.10. The smallest absolute Gasteiger partial charge is 0.256 e. The first-order valence-electron chi connectivity index (χ1n) is 7.18. The number of hydrogen-bond donors (Lipinski definition) is 1. The van der Waals surface area contributed by atoms with Crippen LogP contribution in [0.4, 0.5) is 0 Å². The summed E-state index contributed by atoms with van der Waals surface area (Å²) in [7, 11) is 0. The summed E-state index contributed by atoms with van der Waals surface area (Å²) < 4.78 is 0. The predicted octanol–water partition coefficient (Wildman–Crippen LogP) is 2.63. The zero-order valence-corrected chi connectivity index (χ0v) is 13.8. The van der Waals surface area contributed by atoms with Gasteiger partial charge in [-0.15, -0.1) is 5.10 Å². The van der Waals surface area contributed by atoms with Gasteiger partial charge in [0.25, 0.3) is 5.91 Å². The van der Waals surface area contributed by atoms with E-state index in [4.69, 9.17) is 23.2 Å². The number of aromatic nitrogens is 2. The highest BCUT2D eigenvalue weighted by molar-refractivity contribution is 6.38. The molecule has 2 heterocycles. The molecule has 1 atom stereocenters. The van der Waals surface area contributed by atoms with Crippen LogP contribution < -0.4 is 5.32 Å². The number of halogens is 2. The van der Waals surface area contributed by atoms with E-state index in [2.05, 4.69) is 34.3 Å². The number of nitrogens with zero attached hydrogens (tertiary/aromatic N) is 3. The van der Waals surface area contributed by atoms with E-state index in [9.17, 15) is 4.79 Å². The summed E-state index contributed by atoms with van der Waals surface area (Å²) in [5.41, 5.74) is 0.199. The van der Waals surface area contributed by atoms with Gasteiger partial charge in [0.1, 0.15) is 0 Å². The maximum absolute atomic E-state index is 12.2. The second kappa shape index (κ2) is 7.38. The van der Waals surface area contributed by atoms with Crippen LogP contribution in [0.1, 0.15) is 37.0 Å². The van der Waals surface area contributed by atoms with Crippen LogP contribution in [0.25, 0.3) is 0 Å². The van der Waals surface area contributed by atoms with Gasteiger partial charge < -0.3 is 10.2 Å². The molecule has 0 saturated carbocycles. The summed E-state index contributed by atoms with van der Waals surface area (Å²) in [6.45, 7) is 7.16. The molecule has 1 aromatic rings. The molecule has 0 unspecified atom stereocenters. The van der Waals surface area contributed by atoms with E-state index in [-0.39, 0.29) is 21.6 Å². The molecule has 1 saturated heterocycles. The summed E-state index contributed by atoms with van der Waals surface area (Å²) in [4.78, 5) is 14.6. The lowest BCUT2D eigenvalue weighted by molar-refractivity contribution is 0.0922. The number of carbonyl (C=O) groups excluding carboxylic acids is 1. The van der Waals surface area contributed by atoms with Gasteiger partial charge in [0.15, 0.2) is 5.15 Å². The number of likely N-dealkylation sites (tertiary alicyclic amines) is 1. The first-order chi connectivity index (χ1) is 9.99. The van der Waals surface area contributed by atoms with Crippen molar-refractivity contribution in [3.63, 3.8) is 0 Å². The second-order valence-corrected chi connectivity index (χ2v) is 6.43. The summed E-state index contributed by atoms with van der Waals surface area (Å²) >= 11 is 11.8. The third-order valence-corrected chi connectivity index (χ3v) is 4.37. The van der Waals surface area contributed by atoms with Gasteiger partial charge in [0.2, 0.25) is 0 Å². The number of carbonyl (C=O) groups is 1. The Hall–Kier alpha value is -0.910. The molecule has 0 spiro atoms. The van der Waals surface area contributed by atoms with Crippen LogP contribution in [-0.2, 0) is 0 Å². The highest BCUT2D eigenvalue weighted by Gasteiger charge is 2.23. The minimum Gasteiger partial charge on any atom is -0.352 e. The monoisotopic (exact) mass is 330 g/mol. The van der Waals surface area contributed by atoms with Crippen molar-refractivity contribution in [2.24, 2.45) is 5.92 Å². The fraction of sp³-hybridized carbons (Fsp3) is 0.643. The summed E-state index contributed by atoms with van der Waals surface area (Å²) in [6.07, 6.45) is 3.61. The standard InChI is InChI=1S/C14H20Cl2N4O/c1-9(2)20-5-3-4-10(8-20)6-17-14(21)12-11(15)7-18-19-13(12)16/h7,9-10H,3-6,8H2,1-2H3,(H,17,21)/t10-/m1/s1. The van der Waals surface area contributed by atoms with E-state index in [1.165, 1.54) is 6.20 Å². The quantitative estimate of drug-likeness (QED) is 0.921. The van der Waals surface area contributed by atoms with Gasteiger partial charge in [0.05, 0.1) is 16.8 Å². The molecular weight excluding hydrogens is 311 g/mol. The summed E-state index contributed by atoms with van der Waals surface area (Å²) in [6, 6.07) is 0.539. The molecule has 5 nitrogen and oxygen atoms in total. The van der Waals surface area contributed by atoms with Gasteiger partial charge in [-0.05, 0) is 39.2 Å². The maximum atomic E-state index is 12.2. The average molecular weight is 331 g/mol. The Kier molecular flexibility index (Phi) is 5.79. The minimum atomic E-state index is -0.290. The summed E-state index contributed by atoms with van der Waals surface area (Å²) in [5.74, 6) is 0.166. The number of nitrogens with one attached hydrogen (secondary N) is 1. The highest BCUT2D eigenvalue weighted by Crippen LogP contribution is 2.21. The van der Waals surface area contributed by atoms with Crippen molar-refractivity contribution in [3.8, 4) is 0 Å². The molecule has 1 fully saturated rings. The third kappa shape index (κ3) is 4.28. The van der Waals surface area contributed by atoms with Crippen molar-refractivity contribution < 1.29 is 4.79 Å². The molecule has 1 aromatic heterocycles. The Bertz CT molecular complexity index is 489.